The van der Waals surface area contributed by atoms with Crippen LogP contribution in [0.15, 0.2) is 0 Å². The van der Waals surface area contributed by atoms with Crippen LogP contribution < -0.4 is 0 Å². The summed E-state index contributed by atoms with van der Waals surface area (Å²) in [5, 5.41) is 0. The van der Waals surface area contributed by atoms with Crippen LogP contribution in [0, 0.1) is 11.8 Å². The molecule has 1 nitrogen and oxygen atoms in total. The lowest BCUT2D eigenvalue weighted by Gasteiger charge is -2.26. The molecule has 1 rings (SSSR count). The molecule has 1 aliphatic heterocycles. The predicted octanol–water partition coefficient (Wildman–Crippen LogP) is 4.02. The van der Waals surface area contributed by atoms with E-state index in [1.54, 1.807) is 0 Å². The molecule has 0 radical (unpaired) electrons. The summed E-state index contributed by atoms with van der Waals surface area (Å²) in [5.74, 6) is 1.96. The topological polar surface area (TPSA) is 9.23 Å². The molecular weight excluding hydrogens is 172 g/mol. The molecule has 0 aliphatic carbocycles. The number of hydrogen-bond donors (Lipinski definition) is 0. The van der Waals surface area contributed by atoms with Crippen LogP contribution in [0.1, 0.15) is 58.8 Å². The van der Waals surface area contributed by atoms with Gasteiger partial charge >= 0.3 is 0 Å². The third-order valence-corrected chi connectivity index (χ3v) is 3.40. The fraction of sp³-hybridized carbons (Fsp3) is 1.00. The fourth-order valence-corrected chi connectivity index (χ4v) is 2.65. The van der Waals surface area contributed by atoms with Crippen molar-refractivity contribution in [1.29, 1.82) is 0 Å². The molecule has 0 aromatic carbocycles. The Morgan fingerprint density at radius 1 is 1.07 bits per heavy atom. The van der Waals surface area contributed by atoms with Crippen LogP contribution in [0.25, 0.3) is 0 Å². The molecule has 0 saturated carbocycles. The number of ether oxygens (including phenoxy) is 1. The molecule has 0 N–H and O–H groups in total. The van der Waals surface area contributed by atoms with Crippen LogP contribution in [0.4, 0.5) is 0 Å². The highest BCUT2D eigenvalue weighted by atomic mass is 16.5. The molecule has 0 atom stereocenters. The van der Waals surface area contributed by atoms with Gasteiger partial charge in [-0.05, 0) is 31.1 Å². The predicted molar refractivity (Wildman–Crippen MR) is 61.5 cm³/mol. The summed E-state index contributed by atoms with van der Waals surface area (Å²) >= 11 is 0. The van der Waals surface area contributed by atoms with E-state index in [0.717, 1.165) is 25.0 Å². The first kappa shape index (κ1) is 12.0. The first-order chi connectivity index (χ1) is 6.86. The van der Waals surface area contributed by atoms with Gasteiger partial charge < -0.3 is 4.74 Å². The smallest absolute Gasteiger partial charge is 0.0468 e. The molecule has 1 heteroatoms. The van der Waals surface area contributed by atoms with Gasteiger partial charge in [-0.1, -0.05) is 39.5 Å². The number of rotatable bonds is 6. The molecular formula is C13H26O. The van der Waals surface area contributed by atoms with Crippen molar-refractivity contribution in [2.45, 2.75) is 58.8 Å². The van der Waals surface area contributed by atoms with E-state index >= 15 is 0 Å². The maximum absolute atomic E-state index is 5.40. The maximum atomic E-state index is 5.40. The van der Waals surface area contributed by atoms with E-state index in [0.29, 0.717) is 0 Å². The Hall–Kier alpha value is -0.0400. The third kappa shape index (κ3) is 4.45. The van der Waals surface area contributed by atoms with E-state index in [4.69, 9.17) is 4.74 Å². The molecule has 0 unspecified atom stereocenters. The van der Waals surface area contributed by atoms with Crippen molar-refractivity contribution in [3.63, 3.8) is 0 Å². The van der Waals surface area contributed by atoms with Crippen molar-refractivity contribution in [2.24, 2.45) is 11.8 Å². The zero-order valence-corrected chi connectivity index (χ0v) is 9.93. The van der Waals surface area contributed by atoms with Crippen LogP contribution in [0.3, 0.4) is 0 Å². The summed E-state index contributed by atoms with van der Waals surface area (Å²) in [6.45, 7) is 6.64. The Kier molecular flexibility index (Phi) is 6.25. The first-order valence-corrected chi connectivity index (χ1v) is 6.44. The lowest BCUT2D eigenvalue weighted by atomic mass is 9.84. The first-order valence-electron chi connectivity index (χ1n) is 6.44. The summed E-state index contributed by atoms with van der Waals surface area (Å²) < 4.78 is 5.40. The van der Waals surface area contributed by atoms with Gasteiger partial charge in [-0.3, -0.25) is 0 Å². The second-order valence-corrected chi connectivity index (χ2v) is 4.73. The highest BCUT2D eigenvalue weighted by molar-refractivity contribution is 4.69. The van der Waals surface area contributed by atoms with Crippen molar-refractivity contribution in [1.82, 2.24) is 0 Å². The minimum Gasteiger partial charge on any atom is -0.381 e. The van der Waals surface area contributed by atoms with Gasteiger partial charge in [0, 0.05) is 13.2 Å². The van der Waals surface area contributed by atoms with Crippen LogP contribution in [0.2, 0.25) is 0 Å². The number of hydrogen-bond acceptors (Lipinski definition) is 1. The average Bonchev–Trinajstić information content (AvgIpc) is 2.20. The van der Waals surface area contributed by atoms with Gasteiger partial charge in [0.25, 0.3) is 0 Å². The quantitative estimate of drug-likeness (QED) is 0.626. The SMILES string of the molecule is CCCC(CCC)CC1CCOCC1. The molecule has 1 aliphatic rings. The average molecular weight is 198 g/mol. The molecule has 0 spiro atoms. The van der Waals surface area contributed by atoms with Crippen molar-refractivity contribution in [3.05, 3.63) is 0 Å². The van der Waals surface area contributed by atoms with Crippen molar-refractivity contribution in [2.75, 3.05) is 13.2 Å². The Balaban J connectivity index is 2.21. The lowest BCUT2D eigenvalue weighted by Crippen LogP contribution is -2.18. The molecule has 0 aromatic heterocycles. The standard InChI is InChI=1S/C13H26O/c1-3-5-12(6-4-2)11-13-7-9-14-10-8-13/h12-13H,3-11H2,1-2H3. The molecule has 1 heterocycles. The Labute approximate surface area is 89.2 Å². The second-order valence-electron chi connectivity index (χ2n) is 4.73. The fourth-order valence-electron chi connectivity index (χ4n) is 2.65. The van der Waals surface area contributed by atoms with E-state index in [-0.39, 0.29) is 0 Å². The summed E-state index contributed by atoms with van der Waals surface area (Å²) in [4.78, 5) is 0. The largest absolute Gasteiger partial charge is 0.381 e. The zero-order valence-electron chi connectivity index (χ0n) is 9.93. The summed E-state index contributed by atoms with van der Waals surface area (Å²) in [5.41, 5.74) is 0. The zero-order chi connectivity index (χ0) is 10.2. The molecule has 84 valence electrons. The molecule has 1 fully saturated rings. The van der Waals surface area contributed by atoms with Crippen molar-refractivity contribution in [3.8, 4) is 0 Å². The molecule has 0 bridgehead atoms. The van der Waals surface area contributed by atoms with E-state index in [1.807, 2.05) is 0 Å². The van der Waals surface area contributed by atoms with Crippen molar-refractivity contribution >= 4 is 0 Å². The Bertz CT molecular complexity index is 121. The Morgan fingerprint density at radius 2 is 1.64 bits per heavy atom. The van der Waals surface area contributed by atoms with E-state index in [1.165, 1.54) is 44.9 Å². The maximum Gasteiger partial charge on any atom is 0.0468 e. The minimum atomic E-state index is 0.965. The summed E-state index contributed by atoms with van der Waals surface area (Å²) in [7, 11) is 0. The molecule has 1 saturated heterocycles. The van der Waals surface area contributed by atoms with Gasteiger partial charge in [-0.25, -0.2) is 0 Å². The minimum absolute atomic E-state index is 0.965. The monoisotopic (exact) mass is 198 g/mol. The summed E-state index contributed by atoms with van der Waals surface area (Å²) in [6.07, 6.45) is 9.66. The van der Waals surface area contributed by atoms with E-state index < -0.39 is 0 Å². The van der Waals surface area contributed by atoms with Crippen LogP contribution in [0.5, 0.6) is 0 Å². The van der Waals surface area contributed by atoms with Gasteiger partial charge in [0.1, 0.15) is 0 Å². The normalized spacial score (nSPS) is 19.1. The van der Waals surface area contributed by atoms with Crippen LogP contribution in [-0.4, -0.2) is 13.2 Å². The third-order valence-electron chi connectivity index (χ3n) is 3.40. The highest BCUT2D eigenvalue weighted by Gasteiger charge is 2.18. The van der Waals surface area contributed by atoms with Gasteiger partial charge in [0.2, 0.25) is 0 Å². The summed E-state index contributed by atoms with van der Waals surface area (Å²) in [6, 6.07) is 0. The van der Waals surface area contributed by atoms with E-state index in [9.17, 15) is 0 Å². The Morgan fingerprint density at radius 3 is 2.14 bits per heavy atom. The van der Waals surface area contributed by atoms with Crippen LogP contribution >= 0.6 is 0 Å². The van der Waals surface area contributed by atoms with Gasteiger partial charge in [0.05, 0.1) is 0 Å². The van der Waals surface area contributed by atoms with Gasteiger partial charge in [-0.15, -0.1) is 0 Å². The lowest BCUT2D eigenvalue weighted by molar-refractivity contribution is 0.0574. The molecule has 0 aromatic rings. The molecule has 14 heavy (non-hydrogen) atoms. The second kappa shape index (κ2) is 7.28. The van der Waals surface area contributed by atoms with Crippen LogP contribution in [-0.2, 0) is 4.74 Å². The van der Waals surface area contributed by atoms with E-state index in [2.05, 4.69) is 13.8 Å². The van der Waals surface area contributed by atoms with Gasteiger partial charge in [0.15, 0.2) is 0 Å². The molecule has 0 amide bonds. The highest BCUT2D eigenvalue weighted by Crippen LogP contribution is 2.28. The van der Waals surface area contributed by atoms with Gasteiger partial charge in [-0.2, -0.15) is 0 Å². The van der Waals surface area contributed by atoms with Crippen molar-refractivity contribution < 1.29 is 4.74 Å².